The highest BCUT2D eigenvalue weighted by atomic mass is 16.6. The molecule has 0 saturated heterocycles. The third-order valence-corrected chi connectivity index (χ3v) is 6.33. The second kappa shape index (κ2) is 16.0. The van der Waals surface area contributed by atoms with Crippen molar-refractivity contribution in [2.45, 2.75) is 57.3 Å². The second-order valence-electron chi connectivity index (χ2n) is 9.78. The Morgan fingerprint density at radius 1 is 1.02 bits per heavy atom. The molecule has 1 heterocycles. The van der Waals surface area contributed by atoms with E-state index in [2.05, 4.69) is 16.0 Å². The van der Waals surface area contributed by atoms with Crippen LogP contribution in [-0.2, 0) is 36.9 Å². The van der Waals surface area contributed by atoms with Crippen LogP contribution in [0.5, 0.6) is 0 Å². The quantitative estimate of drug-likeness (QED) is 0.277. The molecule has 10 nitrogen and oxygen atoms in total. The van der Waals surface area contributed by atoms with Gasteiger partial charge in [0.1, 0.15) is 19.3 Å². The van der Waals surface area contributed by atoms with Crippen molar-refractivity contribution in [1.29, 1.82) is 0 Å². The highest BCUT2D eigenvalue weighted by Crippen LogP contribution is 2.15. The van der Waals surface area contributed by atoms with Crippen LogP contribution in [0.15, 0.2) is 72.8 Å². The van der Waals surface area contributed by atoms with E-state index in [-0.39, 0.29) is 50.9 Å². The molecular weight excluding hydrogens is 514 g/mol. The van der Waals surface area contributed by atoms with Crippen molar-refractivity contribution >= 4 is 23.9 Å². The molecule has 10 heteroatoms. The Morgan fingerprint density at radius 3 is 2.35 bits per heavy atom. The molecular formula is C30H37N3O7. The van der Waals surface area contributed by atoms with Crippen LogP contribution in [0, 0.1) is 5.92 Å². The molecule has 2 aromatic rings. The summed E-state index contributed by atoms with van der Waals surface area (Å²) in [5.74, 6) is -2.02. The Labute approximate surface area is 234 Å². The number of amides is 3. The first-order valence-electron chi connectivity index (χ1n) is 13.4. The Hall–Kier alpha value is -4.18. The molecule has 0 aliphatic carbocycles. The van der Waals surface area contributed by atoms with Gasteiger partial charge in [0.25, 0.3) is 0 Å². The molecule has 3 amide bonds. The molecule has 0 radical (unpaired) electrons. The van der Waals surface area contributed by atoms with Crippen molar-refractivity contribution < 1.29 is 33.8 Å². The van der Waals surface area contributed by atoms with Crippen LogP contribution in [0.25, 0.3) is 0 Å². The first-order chi connectivity index (χ1) is 19.3. The molecule has 0 fully saturated rings. The zero-order valence-corrected chi connectivity index (χ0v) is 22.6. The fourth-order valence-corrected chi connectivity index (χ4v) is 4.15. The minimum Gasteiger partial charge on any atom is -0.462 e. The van der Waals surface area contributed by atoms with Gasteiger partial charge in [0, 0.05) is 12.5 Å². The summed E-state index contributed by atoms with van der Waals surface area (Å²) in [6.45, 7) is 1.38. The standard InChI is InChI=1S/C30H37N3O7/c1-21(18-34)31-27(35)17-24-14-8-9-15-26(33-30(38)40-19-23-12-6-3-7-13-23)29(37)39-20-25(32-28(24)36)16-22-10-4-2-5-11-22/h2-13,21,24-26,34H,14-20H2,1H3,(H,31,35)(H,32,36)(H,33,38). The highest BCUT2D eigenvalue weighted by Gasteiger charge is 2.28. The number of hydrogen-bond donors (Lipinski definition) is 4. The SMILES string of the molecule is CC(CO)NC(=O)CC1CC=CCC(NC(=O)OCc2ccccc2)C(=O)OCC(Cc2ccccc2)NC1=O. The lowest BCUT2D eigenvalue weighted by molar-refractivity contribution is -0.147. The van der Waals surface area contributed by atoms with Gasteiger partial charge in [0.15, 0.2) is 0 Å². The molecule has 0 bridgehead atoms. The van der Waals surface area contributed by atoms with Gasteiger partial charge in [-0.15, -0.1) is 0 Å². The highest BCUT2D eigenvalue weighted by molar-refractivity contribution is 5.86. The van der Waals surface area contributed by atoms with Gasteiger partial charge in [0.2, 0.25) is 11.8 Å². The molecule has 1 aliphatic heterocycles. The van der Waals surface area contributed by atoms with Crippen LogP contribution < -0.4 is 16.0 Å². The van der Waals surface area contributed by atoms with Gasteiger partial charge in [0.05, 0.1) is 18.6 Å². The fourth-order valence-electron chi connectivity index (χ4n) is 4.15. The van der Waals surface area contributed by atoms with Crippen LogP contribution in [0.1, 0.15) is 37.3 Å². The van der Waals surface area contributed by atoms with Crippen molar-refractivity contribution in [3.8, 4) is 0 Å². The predicted octanol–water partition coefficient (Wildman–Crippen LogP) is 2.41. The lowest BCUT2D eigenvalue weighted by Crippen LogP contribution is -2.47. The number of nitrogens with one attached hydrogen (secondary N) is 3. The molecule has 2 aromatic carbocycles. The normalized spacial score (nSPS) is 20.6. The van der Waals surface area contributed by atoms with E-state index in [9.17, 15) is 24.3 Å². The number of aliphatic hydroxyl groups excluding tert-OH is 1. The Balaban J connectivity index is 1.72. The average Bonchev–Trinajstić information content (AvgIpc) is 2.95. The average molecular weight is 552 g/mol. The number of ether oxygens (including phenoxy) is 2. The van der Waals surface area contributed by atoms with Crippen molar-refractivity contribution in [1.82, 2.24) is 16.0 Å². The largest absolute Gasteiger partial charge is 0.462 e. The van der Waals surface area contributed by atoms with Gasteiger partial charge in [-0.25, -0.2) is 9.59 Å². The minimum atomic E-state index is -1.00. The summed E-state index contributed by atoms with van der Waals surface area (Å²) in [5.41, 5.74) is 1.74. The number of alkyl carbamates (subject to hydrolysis) is 1. The van der Waals surface area contributed by atoms with E-state index in [4.69, 9.17) is 9.47 Å². The molecule has 0 spiro atoms. The van der Waals surface area contributed by atoms with E-state index in [1.165, 1.54) is 0 Å². The number of esters is 1. The van der Waals surface area contributed by atoms with Crippen molar-refractivity contribution in [3.63, 3.8) is 0 Å². The number of allylic oxidation sites excluding steroid dienone is 1. The van der Waals surface area contributed by atoms with E-state index < -0.39 is 36.1 Å². The Bertz CT molecular complexity index is 1140. The smallest absolute Gasteiger partial charge is 0.408 e. The maximum atomic E-state index is 13.2. The maximum absolute atomic E-state index is 13.2. The summed E-state index contributed by atoms with van der Waals surface area (Å²) in [6.07, 6.45) is 3.29. The van der Waals surface area contributed by atoms with Crippen LogP contribution in [-0.4, -0.2) is 60.3 Å². The summed E-state index contributed by atoms with van der Waals surface area (Å²) in [4.78, 5) is 51.1. The maximum Gasteiger partial charge on any atom is 0.408 e. The fraction of sp³-hybridized carbons (Fsp3) is 0.400. The molecule has 0 saturated carbocycles. The number of cyclic esters (lactones) is 1. The number of aliphatic hydroxyl groups is 1. The zero-order chi connectivity index (χ0) is 28.7. The molecule has 1 aliphatic rings. The number of hydrogen-bond acceptors (Lipinski definition) is 7. The molecule has 3 rings (SSSR count). The van der Waals surface area contributed by atoms with Gasteiger partial charge in [-0.3, -0.25) is 9.59 Å². The Morgan fingerprint density at radius 2 is 1.68 bits per heavy atom. The molecule has 4 unspecified atom stereocenters. The van der Waals surface area contributed by atoms with E-state index in [0.29, 0.717) is 6.42 Å². The minimum absolute atomic E-state index is 0.0497. The summed E-state index contributed by atoms with van der Waals surface area (Å²) >= 11 is 0. The lowest BCUT2D eigenvalue weighted by atomic mass is 9.97. The number of carbonyl (C=O) groups excluding carboxylic acids is 4. The van der Waals surface area contributed by atoms with E-state index >= 15 is 0 Å². The molecule has 40 heavy (non-hydrogen) atoms. The topological polar surface area (TPSA) is 143 Å². The summed E-state index contributed by atoms with van der Waals surface area (Å²) < 4.78 is 10.8. The third-order valence-electron chi connectivity index (χ3n) is 6.33. The first-order valence-corrected chi connectivity index (χ1v) is 13.4. The van der Waals surface area contributed by atoms with Crippen LogP contribution in [0.3, 0.4) is 0 Å². The first kappa shape index (κ1) is 30.4. The van der Waals surface area contributed by atoms with Crippen molar-refractivity contribution in [2.75, 3.05) is 13.2 Å². The summed E-state index contributed by atoms with van der Waals surface area (Å²) in [7, 11) is 0. The molecule has 214 valence electrons. The van der Waals surface area contributed by atoms with E-state index in [1.54, 1.807) is 19.1 Å². The van der Waals surface area contributed by atoms with Crippen LogP contribution in [0.4, 0.5) is 4.79 Å². The molecule has 4 atom stereocenters. The molecule has 4 N–H and O–H groups in total. The number of rotatable bonds is 9. The number of carbonyl (C=O) groups is 4. The number of benzene rings is 2. The summed E-state index contributed by atoms with van der Waals surface area (Å²) in [6, 6.07) is 16.6. The second-order valence-corrected chi connectivity index (χ2v) is 9.78. The molecule has 0 aromatic heterocycles. The van der Waals surface area contributed by atoms with Gasteiger partial charge in [-0.1, -0.05) is 72.8 Å². The lowest BCUT2D eigenvalue weighted by Gasteiger charge is -2.24. The van der Waals surface area contributed by atoms with Gasteiger partial charge < -0.3 is 30.5 Å². The third kappa shape index (κ3) is 10.5. The van der Waals surface area contributed by atoms with E-state index in [1.807, 2.05) is 60.7 Å². The van der Waals surface area contributed by atoms with Gasteiger partial charge >= 0.3 is 12.1 Å². The van der Waals surface area contributed by atoms with E-state index in [0.717, 1.165) is 11.1 Å². The monoisotopic (exact) mass is 551 g/mol. The van der Waals surface area contributed by atoms with Gasteiger partial charge in [-0.2, -0.15) is 0 Å². The summed E-state index contributed by atoms with van der Waals surface area (Å²) in [5, 5.41) is 17.4. The van der Waals surface area contributed by atoms with Crippen LogP contribution in [0.2, 0.25) is 0 Å². The van der Waals surface area contributed by atoms with Crippen LogP contribution >= 0.6 is 0 Å². The zero-order valence-electron chi connectivity index (χ0n) is 22.6. The van der Waals surface area contributed by atoms with Crippen molar-refractivity contribution in [3.05, 3.63) is 83.9 Å². The van der Waals surface area contributed by atoms with Gasteiger partial charge in [-0.05, 0) is 37.3 Å². The predicted molar refractivity (Wildman–Crippen MR) is 148 cm³/mol. The Kier molecular flexibility index (Phi) is 12.2. The van der Waals surface area contributed by atoms with Crippen molar-refractivity contribution in [2.24, 2.45) is 5.92 Å².